The first-order chi connectivity index (χ1) is 22.6. The maximum Gasteiger partial charge on any atom is 0.251 e. The molecule has 0 spiro atoms. The summed E-state index contributed by atoms with van der Waals surface area (Å²) in [5.74, 6) is 0.748. The summed E-state index contributed by atoms with van der Waals surface area (Å²) in [5.41, 5.74) is 6.56. The summed E-state index contributed by atoms with van der Waals surface area (Å²) in [6.45, 7) is 2.39. The summed E-state index contributed by atoms with van der Waals surface area (Å²) in [6.07, 6.45) is 2.80. The number of nitrogens with one attached hydrogen (secondary N) is 4. The van der Waals surface area contributed by atoms with Crippen molar-refractivity contribution in [3.8, 4) is 5.75 Å². The van der Waals surface area contributed by atoms with Crippen molar-refractivity contribution in [2.24, 2.45) is 0 Å². The molecule has 5 aromatic rings. The zero-order chi connectivity index (χ0) is 31.3. The Balaban J connectivity index is 1.38. The van der Waals surface area contributed by atoms with Gasteiger partial charge in [-0.25, -0.2) is 0 Å². The van der Waals surface area contributed by atoms with E-state index in [4.69, 9.17) is 4.74 Å². The van der Waals surface area contributed by atoms with Crippen LogP contribution in [0, 0.1) is 5.41 Å². The van der Waals surface area contributed by atoms with Gasteiger partial charge in [-0.1, -0.05) is 91.0 Å². The Hall–Kier alpha value is -5.20. The molecule has 4 N–H and O–H groups in total. The average Bonchev–Trinajstić information content (AvgIpc) is 3.60. The van der Waals surface area contributed by atoms with Gasteiger partial charge in [0, 0.05) is 41.4 Å². The third-order valence-electron chi connectivity index (χ3n) is 9.10. The molecule has 230 valence electrons. The number of hydrogen-bond acceptors (Lipinski definition) is 5. The highest BCUT2D eigenvalue weighted by atomic mass is 16.5. The molecule has 2 aliphatic heterocycles. The highest BCUT2D eigenvalue weighted by Crippen LogP contribution is 2.41. The highest BCUT2D eigenvalue weighted by Gasteiger charge is 2.37. The Morgan fingerprint density at radius 3 is 2.02 bits per heavy atom. The van der Waals surface area contributed by atoms with Gasteiger partial charge < -0.3 is 20.7 Å². The molecule has 1 saturated heterocycles. The Morgan fingerprint density at radius 2 is 1.41 bits per heavy atom. The number of piperidine rings is 1. The van der Waals surface area contributed by atoms with E-state index in [1.807, 2.05) is 54.6 Å². The number of rotatable bonds is 9. The maximum atomic E-state index is 13.6. The van der Waals surface area contributed by atoms with Crippen molar-refractivity contribution >= 4 is 17.3 Å². The SMILES string of the molecule is N=C(c1ccc2c(c1)CCO2)c1cc(C(=O)NC2CCCNC2)ccc1NC(c1ccccc1)(c1ccccc1)c1ccccc1. The number of ether oxygens (including phenoxy) is 1. The lowest BCUT2D eigenvalue weighted by atomic mass is 9.76. The lowest BCUT2D eigenvalue weighted by Gasteiger charge is -2.38. The van der Waals surface area contributed by atoms with Crippen LogP contribution < -0.4 is 20.7 Å². The summed E-state index contributed by atoms with van der Waals surface area (Å²) >= 11 is 0. The van der Waals surface area contributed by atoms with Crippen LogP contribution in [0.2, 0.25) is 0 Å². The van der Waals surface area contributed by atoms with Gasteiger partial charge in [-0.05, 0) is 78.0 Å². The smallest absolute Gasteiger partial charge is 0.251 e. The van der Waals surface area contributed by atoms with E-state index in [0.29, 0.717) is 23.4 Å². The van der Waals surface area contributed by atoms with Crippen LogP contribution >= 0.6 is 0 Å². The van der Waals surface area contributed by atoms with Gasteiger partial charge in [-0.15, -0.1) is 0 Å². The molecule has 1 atom stereocenters. The lowest BCUT2D eigenvalue weighted by molar-refractivity contribution is 0.0930. The fourth-order valence-corrected chi connectivity index (χ4v) is 6.73. The van der Waals surface area contributed by atoms with Crippen molar-refractivity contribution in [1.82, 2.24) is 10.6 Å². The van der Waals surface area contributed by atoms with Crippen molar-refractivity contribution < 1.29 is 9.53 Å². The minimum absolute atomic E-state index is 0.0838. The molecule has 0 saturated carbocycles. The molecule has 6 heteroatoms. The summed E-state index contributed by atoms with van der Waals surface area (Å²) < 4.78 is 5.76. The molecular weight excluding hydrogens is 568 g/mol. The van der Waals surface area contributed by atoms with Gasteiger partial charge in [0.2, 0.25) is 0 Å². The van der Waals surface area contributed by atoms with Gasteiger partial charge in [0.05, 0.1) is 12.3 Å². The number of carbonyl (C=O) groups is 1. The molecule has 2 aliphatic rings. The third-order valence-corrected chi connectivity index (χ3v) is 9.10. The topological polar surface area (TPSA) is 86.2 Å². The average molecular weight is 607 g/mol. The summed E-state index contributed by atoms with van der Waals surface area (Å²) in [5, 5.41) is 20.1. The molecule has 1 fully saturated rings. The van der Waals surface area contributed by atoms with E-state index in [0.717, 1.165) is 71.6 Å². The molecule has 0 aromatic heterocycles. The van der Waals surface area contributed by atoms with Crippen LogP contribution in [0.1, 0.15) is 56.6 Å². The van der Waals surface area contributed by atoms with Gasteiger partial charge in [0.25, 0.3) is 5.91 Å². The number of carbonyl (C=O) groups excluding carboxylic acids is 1. The van der Waals surface area contributed by atoms with E-state index in [9.17, 15) is 10.2 Å². The largest absolute Gasteiger partial charge is 0.493 e. The third kappa shape index (κ3) is 5.80. The van der Waals surface area contributed by atoms with Gasteiger partial charge in [-0.3, -0.25) is 10.2 Å². The predicted molar refractivity (Wildman–Crippen MR) is 184 cm³/mol. The first kappa shape index (κ1) is 29.5. The Kier molecular flexibility index (Phi) is 8.36. The van der Waals surface area contributed by atoms with Crippen molar-refractivity contribution in [2.45, 2.75) is 30.8 Å². The molecule has 2 heterocycles. The zero-order valence-electron chi connectivity index (χ0n) is 25.8. The minimum Gasteiger partial charge on any atom is -0.493 e. The first-order valence-corrected chi connectivity index (χ1v) is 16.1. The van der Waals surface area contributed by atoms with Gasteiger partial charge >= 0.3 is 0 Å². The number of hydrogen-bond donors (Lipinski definition) is 4. The fraction of sp³-hybridized carbons (Fsp3) is 0.200. The molecule has 46 heavy (non-hydrogen) atoms. The first-order valence-electron chi connectivity index (χ1n) is 16.1. The van der Waals surface area contributed by atoms with E-state index < -0.39 is 5.54 Å². The molecule has 7 rings (SSSR count). The minimum atomic E-state index is -0.790. The van der Waals surface area contributed by atoms with Gasteiger partial charge in [0.15, 0.2) is 0 Å². The number of amides is 1. The molecule has 0 radical (unpaired) electrons. The molecule has 5 aromatic carbocycles. The summed E-state index contributed by atoms with van der Waals surface area (Å²) in [4.78, 5) is 13.6. The second kappa shape index (κ2) is 13.0. The van der Waals surface area contributed by atoms with Crippen LogP contribution in [0.25, 0.3) is 0 Å². The second-order valence-electron chi connectivity index (χ2n) is 12.0. The number of benzene rings is 5. The van der Waals surface area contributed by atoms with Crippen molar-refractivity contribution in [3.05, 3.63) is 166 Å². The zero-order valence-corrected chi connectivity index (χ0v) is 25.8. The molecule has 0 bridgehead atoms. The standard InChI is InChI=1S/C40H38N4O2/c41-38(29-19-21-37-28(25-29)22-24-46-37)35-26-30(39(45)43-34-17-10-23-42-27-34)18-20-36(35)44-40(31-11-4-1-5-12-31,32-13-6-2-7-14-32)33-15-8-3-9-16-33/h1-9,11-16,18-21,25-26,34,41-42,44H,10,17,22-24,27H2,(H,43,45). The summed E-state index contributed by atoms with van der Waals surface area (Å²) in [7, 11) is 0. The van der Waals surface area contributed by atoms with E-state index in [1.54, 1.807) is 0 Å². The quantitative estimate of drug-likeness (QED) is 0.108. The monoisotopic (exact) mass is 606 g/mol. The van der Waals surface area contributed by atoms with Crippen molar-refractivity contribution in [1.29, 1.82) is 5.41 Å². The highest BCUT2D eigenvalue weighted by molar-refractivity contribution is 6.15. The van der Waals surface area contributed by atoms with Crippen LogP contribution in [0.5, 0.6) is 5.75 Å². The fourth-order valence-electron chi connectivity index (χ4n) is 6.73. The number of fused-ring (bicyclic) bond motifs is 1. The summed E-state index contributed by atoms with van der Waals surface area (Å²) in [6, 6.07) is 43.0. The molecule has 1 unspecified atom stereocenters. The Bertz CT molecular complexity index is 1740. The molecular formula is C40H38N4O2. The molecule has 0 aliphatic carbocycles. The van der Waals surface area contributed by atoms with E-state index >= 15 is 0 Å². The van der Waals surface area contributed by atoms with Gasteiger partial charge in [-0.2, -0.15) is 0 Å². The van der Waals surface area contributed by atoms with Crippen LogP contribution in [0.4, 0.5) is 5.69 Å². The molecule has 1 amide bonds. The maximum absolute atomic E-state index is 13.6. The molecule has 6 nitrogen and oxygen atoms in total. The lowest BCUT2D eigenvalue weighted by Crippen LogP contribution is -2.45. The van der Waals surface area contributed by atoms with E-state index in [1.165, 1.54) is 0 Å². The van der Waals surface area contributed by atoms with Crippen LogP contribution in [-0.4, -0.2) is 37.4 Å². The van der Waals surface area contributed by atoms with Gasteiger partial charge in [0.1, 0.15) is 11.3 Å². The van der Waals surface area contributed by atoms with E-state index in [2.05, 4.69) is 88.7 Å². The van der Waals surface area contributed by atoms with Crippen LogP contribution in [0.3, 0.4) is 0 Å². The number of anilines is 1. The van der Waals surface area contributed by atoms with Crippen LogP contribution in [-0.2, 0) is 12.0 Å². The van der Waals surface area contributed by atoms with Crippen molar-refractivity contribution in [2.75, 3.05) is 25.0 Å². The second-order valence-corrected chi connectivity index (χ2v) is 12.0. The predicted octanol–water partition coefficient (Wildman–Crippen LogP) is 6.92. The van der Waals surface area contributed by atoms with Crippen molar-refractivity contribution in [3.63, 3.8) is 0 Å². The Labute approximate surface area is 270 Å². The van der Waals surface area contributed by atoms with Crippen LogP contribution in [0.15, 0.2) is 127 Å². The normalized spacial score (nSPS) is 15.8. The van der Waals surface area contributed by atoms with E-state index in [-0.39, 0.29) is 11.9 Å². The Morgan fingerprint density at radius 1 is 0.783 bits per heavy atom.